The van der Waals surface area contributed by atoms with Gasteiger partial charge in [-0.1, -0.05) is 18.2 Å². The predicted octanol–water partition coefficient (Wildman–Crippen LogP) is 1.90. The summed E-state index contributed by atoms with van der Waals surface area (Å²) in [6.45, 7) is 0.822. The van der Waals surface area contributed by atoms with Crippen LogP contribution in [0.15, 0.2) is 42.5 Å². The summed E-state index contributed by atoms with van der Waals surface area (Å²) in [5.41, 5.74) is 2.12. The number of methoxy groups -OCH3 is 2. The Kier molecular flexibility index (Phi) is 6.84. The number of rotatable bonds is 9. The van der Waals surface area contributed by atoms with Crippen LogP contribution >= 0.6 is 0 Å². The van der Waals surface area contributed by atoms with Gasteiger partial charge in [0.2, 0.25) is 10.0 Å². The first kappa shape index (κ1) is 20.0. The van der Waals surface area contributed by atoms with Gasteiger partial charge < -0.3 is 19.9 Å². The molecule has 142 valence electrons. The van der Waals surface area contributed by atoms with Crippen LogP contribution in [-0.4, -0.2) is 40.5 Å². The highest BCUT2D eigenvalue weighted by molar-refractivity contribution is 7.92. The van der Waals surface area contributed by atoms with E-state index < -0.39 is 16.1 Å². The lowest BCUT2D eigenvalue weighted by molar-refractivity contribution is 0.174. The van der Waals surface area contributed by atoms with E-state index in [9.17, 15) is 13.5 Å². The molecule has 0 aromatic heterocycles. The molecule has 2 aromatic carbocycles. The van der Waals surface area contributed by atoms with Crippen LogP contribution in [0.5, 0.6) is 11.5 Å². The van der Waals surface area contributed by atoms with Crippen LogP contribution in [0.25, 0.3) is 0 Å². The van der Waals surface area contributed by atoms with Crippen LogP contribution < -0.4 is 19.5 Å². The molecule has 0 saturated heterocycles. The second-order valence-electron chi connectivity index (χ2n) is 5.84. The molecule has 1 unspecified atom stereocenters. The molecule has 0 amide bonds. The second kappa shape index (κ2) is 8.88. The molecule has 0 aliphatic rings. The van der Waals surface area contributed by atoms with Crippen molar-refractivity contribution in [2.75, 3.05) is 31.7 Å². The summed E-state index contributed by atoms with van der Waals surface area (Å²) in [7, 11) is -0.206. The van der Waals surface area contributed by atoms with Crippen molar-refractivity contribution in [2.45, 2.75) is 12.6 Å². The van der Waals surface area contributed by atoms with Crippen molar-refractivity contribution in [1.29, 1.82) is 0 Å². The lowest BCUT2D eigenvalue weighted by Gasteiger charge is -2.15. The molecular formula is C18H24N2O5S. The molecule has 2 rings (SSSR count). The fourth-order valence-electron chi connectivity index (χ4n) is 2.49. The van der Waals surface area contributed by atoms with Crippen LogP contribution in [0.3, 0.4) is 0 Å². The molecule has 1 atom stereocenters. The minimum absolute atomic E-state index is 0.333. The van der Waals surface area contributed by atoms with Gasteiger partial charge in [-0.05, 0) is 35.4 Å². The van der Waals surface area contributed by atoms with Crippen molar-refractivity contribution in [3.05, 3.63) is 53.6 Å². The number of anilines is 1. The van der Waals surface area contributed by atoms with Crippen LogP contribution in [-0.2, 0) is 16.6 Å². The summed E-state index contributed by atoms with van der Waals surface area (Å²) in [6, 6.07) is 12.3. The number of hydrogen-bond donors (Lipinski definition) is 3. The Hall–Kier alpha value is -2.29. The molecule has 3 N–H and O–H groups in total. The van der Waals surface area contributed by atoms with Crippen molar-refractivity contribution in [1.82, 2.24) is 5.32 Å². The number of aliphatic hydroxyl groups is 1. The van der Waals surface area contributed by atoms with E-state index in [1.807, 2.05) is 6.07 Å². The van der Waals surface area contributed by atoms with Gasteiger partial charge in [0.25, 0.3) is 0 Å². The molecule has 0 aliphatic heterocycles. The Morgan fingerprint density at radius 3 is 2.46 bits per heavy atom. The quantitative estimate of drug-likeness (QED) is 0.615. The van der Waals surface area contributed by atoms with Crippen LogP contribution in [0.2, 0.25) is 0 Å². The summed E-state index contributed by atoms with van der Waals surface area (Å²) < 4.78 is 35.4. The topological polar surface area (TPSA) is 96.9 Å². The van der Waals surface area contributed by atoms with Gasteiger partial charge in [-0.3, -0.25) is 4.72 Å². The first-order valence-corrected chi connectivity index (χ1v) is 9.89. The van der Waals surface area contributed by atoms with Gasteiger partial charge >= 0.3 is 0 Å². The standard InChI is InChI=1S/C18H24N2O5S/c1-24-17-8-7-14(10-18(17)25-2)16(21)12-19-11-13-5-4-6-15(9-13)20-26(3,22)23/h4-10,16,19-21H,11-12H2,1-3H3. The molecule has 8 heteroatoms. The number of hydrogen-bond acceptors (Lipinski definition) is 6. The number of sulfonamides is 1. The lowest BCUT2D eigenvalue weighted by Crippen LogP contribution is -2.21. The predicted molar refractivity (Wildman–Crippen MR) is 101 cm³/mol. The molecular weight excluding hydrogens is 356 g/mol. The molecule has 0 aliphatic carbocycles. The Bertz CT molecular complexity index is 839. The number of nitrogens with one attached hydrogen (secondary N) is 2. The van der Waals surface area contributed by atoms with E-state index in [-0.39, 0.29) is 0 Å². The highest BCUT2D eigenvalue weighted by Crippen LogP contribution is 2.29. The van der Waals surface area contributed by atoms with E-state index in [0.717, 1.165) is 11.8 Å². The van der Waals surface area contributed by atoms with Gasteiger partial charge in [0.1, 0.15) is 0 Å². The fourth-order valence-corrected chi connectivity index (χ4v) is 3.05. The average molecular weight is 380 g/mol. The van der Waals surface area contributed by atoms with Crippen molar-refractivity contribution in [2.24, 2.45) is 0 Å². The molecule has 0 fully saturated rings. The Morgan fingerprint density at radius 2 is 1.81 bits per heavy atom. The van der Waals surface area contributed by atoms with Crippen molar-refractivity contribution in [3.63, 3.8) is 0 Å². The first-order valence-electron chi connectivity index (χ1n) is 8.00. The summed E-state index contributed by atoms with van der Waals surface area (Å²) in [4.78, 5) is 0. The molecule has 0 bridgehead atoms. The highest BCUT2D eigenvalue weighted by Gasteiger charge is 2.11. The maximum Gasteiger partial charge on any atom is 0.229 e. The minimum Gasteiger partial charge on any atom is -0.493 e. The van der Waals surface area contributed by atoms with Gasteiger partial charge in [0, 0.05) is 18.8 Å². The first-order chi connectivity index (χ1) is 12.3. The minimum atomic E-state index is -3.31. The molecule has 2 aromatic rings. The monoisotopic (exact) mass is 380 g/mol. The van der Waals surface area contributed by atoms with E-state index in [4.69, 9.17) is 9.47 Å². The summed E-state index contributed by atoms with van der Waals surface area (Å²) in [6.07, 6.45) is 0.393. The van der Waals surface area contributed by atoms with Crippen LogP contribution in [0.1, 0.15) is 17.2 Å². The number of benzene rings is 2. The van der Waals surface area contributed by atoms with Gasteiger partial charge in [-0.25, -0.2) is 8.42 Å². The van der Waals surface area contributed by atoms with Gasteiger partial charge in [0.05, 0.1) is 26.6 Å². The smallest absolute Gasteiger partial charge is 0.229 e. The Labute approximate surface area is 154 Å². The van der Waals surface area contributed by atoms with Crippen molar-refractivity contribution in [3.8, 4) is 11.5 Å². The van der Waals surface area contributed by atoms with Gasteiger partial charge in [-0.15, -0.1) is 0 Å². The Morgan fingerprint density at radius 1 is 1.08 bits per heavy atom. The van der Waals surface area contributed by atoms with Crippen LogP contribution in [0.4, 0.5) is 5.69 Å². The highest BCUT2D eigenvalue weighted by atomic mass is 32.2. The zero-order chi connectivity index (χ0) is 19.2. The normalized spacial score (nSPS) is 12.5. The summed E-state index contributed by atoms with van der Waals surface area (Å²) >= 11 is 0. The maximum atomic E-state index is 11.3. The number of aliphatic hydroxyl groups excluding tert-OH is 1. The van der Waals surface area contributed by atoms with Gasteiger partial charge in [0.15, 0.2) is 11.5 Å². The largest absolute Gasteiger partial charge is 0.493 e. The third-order valence-electron chi connectivity index (χ3n) is 3.69. The number of ether oxygens (including phenoxy) is 2. The fraction of sp³-hybridized carbons (Fsp3) is 0.333. The zero-order valence-corrected chi connectivity index (χ0v) is 15.8. The summed E-state index contributed by atoms with van der Waals surface area (Å²) in [5.74, 6) is 1.16. The van der Waals surface area contributed by atoms with Crippen molar-refractivity contribution >= 4 is 15.7 Å². The SMILES string of the molecule is COc1ccc(C(O)CNCc2cccc(NS(C)(=O)=O)c2)cc1OC. The molecule has 7 nitrogen and oxygen atoms in total. The van der Waals surface area contributed by atoms with E-state index in [2.05, 4.69) is 10.0 Å². The van der Waals surface area contributed by atoms with Crippen LogP contribution in [0, 0.1) is 0 Å². The third-order valence-corrected chi connectivity index (χ3v) is 4.30. The lowest BCUT2D eigenvalue weighted by atomic mass is 10.1. The van der Waals surface area contributed by atoms with E-state index >= 15 is 0 Å². The van der Waals surface area contributed by atoms with Crippen molar-refractivity contribution < 1.29 is 23.0 Å². The summed E-state index contributed by atoms with van der Waals surface area (Å²) in [5, 5.41) is 13.5. The van der Waals surface area contributed by atoms with Gasteiger partial charge in [-0.2, -0.15) is 0 Å². The van der Waals surface area contributed by atoms with E-state index in [1.165, 1.54) is 0 Å². The Balaban J connectivity index is 1.94. The molecule has 0 spiro atoms. The maximum absolute atomic E-state index is 11.3. The molecule has 0 radical (unpaired) electrons. The zero-order valence-electron chi connectivity index (χ0n) is 15.0. The van der Waals surface area contributed by atoms with E-state index in [1.54, 1.807) is 50.6 Å². The van der Waals surface area contributed by atoms with E-state index in [0.29, 0.717) is 35.8 Å². The third kappa shape index (κ3) is 5.91. The second-order valence-corrected chi connectivity index (χ2v) is 7.58. The average Bonchev–Trinajstić information content (AvgIpc) is 2.59. The molecule has 0 saturated carbocycles. The molecule has 0 heterocycles. The molecule has 26 heavy (non-hydrogen) atoms.